The lowest BCUT2D eigenvalue weighted by molar-refractivity contribution is 0.0790. The SMILES string of the molecule is FCC1NCCO1. The van der Waals surface area contributed by atoms with Gasteiger partial charge in [-0.2, -0.15) is 0 Å². The van der Waals surface area contributed by atoms with E-state index < -0.39 is 6.67 Å². The Labute approximate surface area is 41.7 Å². The number of halogens is 1. The average Bonchev–Trinajstić information content (AvgIpc) is 2.14. The summed E-state index contributed by atoms with van der Waals surface area (Å²) in [5.74, 6) is 0. The van der Waals surface area contributed by atoms with E-state index in [0.29, 0.717) is 6.61 Å². The maximum Gasteiger partial charge on any atom is 0.136 e. The van der Waals surface area contributed by atoms with Gasteiger partial charge in [-0.1, -0.05) is 0 Å². The van der Waals surface area contributed by atoms with Crippen LogP contribution in [0.4, 0.5) is 4.39 Å². The molecule has 1 heterocycles. The van der Waals surface area contributed by atoms with Crippen molar-refractivity contribution in [1.82, 2.24) is 5.32 Å². The minimum atomic E-state index is -0.417. The third-order valence-electron chi connectivity index (χ3n) is 0.933. The summed E-state index contributed by atoms with van der Waals surface area (Å²) in [5.41, 5.74) is 0. The van der Waals surface area contributed by atoms with Gasteiger partial charge < -0.3 is 4.74 Å². The molecule has 1 N–H and O–H groups in total. The first-order valence-electron chi connectivity index (χ1n) is 2.34. The minimum absolute atomic E-state index is 0.319. The molecule has 0 amide bonds. The number of hydrogen-bond acceptors (Lipinski definition) is 2. The van der Waals surface area contributed by atoms with E-state index in [1.54, 1.807) is 0 Å². The zero-order valence-electron chi connectivity index (χ0n) is 3.98. The molecule has 0 aromatic rings. The largest absolute Gasteiger partial charge is 0.359 e. The molecule has 1 fully saturated rings. The molecule has 1 rings (SSSR count). The third kappa shape index (κ3) is 1.11. The molecule has 42 valence electrons. The second kappa shape index (κ2) is 2.23. The van der Waals surface area contributed by atoms with E-state index in [0.717, 1.165) is 6.54 Å². The second-order valence-corrected chi connectivity index (χ2v) is 1.47. The molecule has 1 saturated heterocycles. The lowest BCUT2D eigenvalue weighted by Crippen LogP contribution is -2.24. The number of nitrogens with one attached hydrogen (secondary N) is 1. The fraction of sp³-hybridized carbons (Fsp3) is 1.00. The van der Waals surface area contributed by atoms with Crippen LogP contribution >= 0.6 is 0 Å². The van der Waals surface area contributed by atoms with E-state index in [-0.39, 0.29) is 6.23 Å². The molecule has 0 radical (unpaired) electrons. The Balaban J connectivity index is 2.14. The van der Waals surface area contributed by atoms with Gasteiger partial charge in [-0.05, 0) is 0 Å². The smallest absolute Gasteiger partial charge is 0.136 e. The normalized spacial score (nSPS) is 31.3. The van der Waals surface area contributed by atoms with E-state index >= 15 is 0 Å². The van der Waals surface area contributed by atoms with Crippen LogP contribution in [0.3, 0.4) is 0 Å². The van der Waals surface area contributed by atoms with Gasteiger partial charge >= 0.3 is 0 Å². The van der Waals surface area contributed by atoms with Crippen LogP contribution in [0.25, 0.3) is 0 Å². The summed E-state index contributed by atoms with van der Waals surface area (Å²) in [6.07, 6.45) is -0.319. The first-order valence-corrected chi connectivity index (χ1v) is 2.34. The van der Waals surface area contributed by atoms with Gasteiger partial charge in [0, 0.05) is 6.54 Å². The van der Waals surface area contributed by atoms with E-state index in [1.165, 1.54) is 0 Å². The Bertz CT molecular complexity index is 53.7. The fourth-order valence-electron chi connectivity index (χ4n) is 0.579. The van der Waals surface area contributed by atoms with Gasteiger partial charge in [-0.15, -0.1) is 0 Å². The van der Waals surface area contributed by atoms with Gasteiger partial charge in [-0.25, -0.2) is 4.39 Å². The topological polar surface area (TPSA) is 21.3 Å². The van der Waals surface area contributed by atoms with Crippen LogP contribution in [0.15, 0.2) is 0 Å². The number of hydrogen-bond donors (Lipinski definition) is 1. The van der Waals surface area contributed by atoms with Crippen molar-refractivity contribution < 1.29 is 9.13 Å². The lowest BCUT2D eigenvalue weighted by atomic mass is 10.6. The fourth-order valence-corrected chi connectivity index (χ4v) is 0.579. The summed E-state index contributed by atoms with van der Waals surface area (Å²) >= 11 is 0. The molecule has 0 bridgehead atoms. The second-order valence-electron chi connectivity index (χ2n) is 1.47. The summed E-state index contributed by atoms with van der Waals surface area (Å²) in [7, 11) is 0. The molecule has 1 aliphatic rings. The molecule has 0 aromatic carbocycles. The molecule has 7 heavy (non-hydrogen) atoms. The van der Waals surface area contributed by atoms with E-state index in [9.17, 15) is 4.39 Å². The van der Waals surface area contributed by atoms with Crippen LogP contribution in [0, 0.1) is 0 Å². The molecule has 1 unspecified atom stereocenters. The van der Waals surface area contributed by atoms with Crippen LogP contribution in [0.2, 0.25) is 0 Å². The molecule has 0 aromatic heterocycles. The highest BCUT2D eigenvalue weighted by atomic mass is 19.1. The highest BCUT2D eigenvalue weighted by Crippen LogP contribution is 1.93. The van der Waals surface area contributed by atoms with Crippen LogP contribution < -0.4 is 5.32 Å². The van der Waals surface area contributed by atoms with Crippen LogP contribution in [0.5, 0.6) is 0 Å². The molecule has 3 heteroatoms. The quantitative estimate of drug-likeness (QED) is 0.503. The summed E-state index contributed by atoms with van der Waals surface area (Å²) in [6.45, 7) is 1.02. The Kier molecular flexibility index (Phi) is 1.59. The first-order chi connectivity index (χ1) is 3.43. The number of ether oxygens (including phenoxy) is 1. The summed E-state index contributed by atoms with van der Waals surface area (Å²) in [5, 5.41) is 2.81. The monoisotopic (exact) mass is 105 g/mol. The van der Waals surface area contributed by atoms with Gasteiger partial charge in [0.1, 0.15) is 12.9 Å². The highest BCUT2D eigenvalue weighted by molar-refractivity contribution is 4.59. The van der Waals surface area contributed by atoms with Crippen molar-refractivity contribution >= 4 is 0 Å². The summed E-state index contributed by atoms with van der Waals surface area (Å²) in [6, 6.07) is 0. The van der Waals surface area contributed by atoms with Crippen molar-refractivity contribution in [2.75, 3.05) is 19.8 Å². The van der Waals surface area contributed by atoms with E-state index in [4.69, 9.17) is 4.74 Å². The molecule has 0 saturated carbocycles. The van der Waals surface area contributed by atoms with Gasteiger partial charge in [0.25, 0.3) is 0 Å². The van der Waals surface area contributed by atoms with Crippen molar-refractivity contribution in [1.29, 1.82) is 0 Å². The van der Waals surface area contributed by atoms with Crippen LogP contribution in [-0.2, 0) is 4.74 Å². The Morgan fingerprint density at radius 1 is 1.86 bits per heavy atom. The summed E-state index contributed by atoms with van der Waals surface area (Å²) in [4.78, 5) is 0. The maximum absolute atomic E-state index is 11.5. The van der Waals surface area contributed by atoms with E-state index in [2.05, 4.69) is 5.32 Å². The van der Waals surface area contributed by atoms with Crippen molar-refractivity contribution in [3.63, 3.8) is 0 Å². The standard InChI is InChI=1S/C4H8FNO/c5-3-4-6-1-2-7-4/h4,6H,1-3H2. The molecular formula is C4H8FNO. The predicted molar refractivity (Wildman–Crippen MR) is 23.7 cm³/mol. The highest BCUT2D eigenvalue weighted by Gasteiger charge is 2.11. The maximum atomic E-state index is 11.5. The van der Waals surface area contributed by atoms with Gasteiger partial charge in [0.2, 0.25) is 0 Å². The minimum Gasteiger partial charge on any atom is -0.359 e. The van der Waals surface area contributed by atoms with Crippen LogP contribution in [0.1, 0.15) is 0 Å². The zero-order valence-corrected chi connectivity index (χ0v) is 3.98. The molecule has 1 aliphatic heterocycles. The van der Waals surface area contributed by atoms with Crippen molar-refractivity contribution in [2.24, 2.45) is 0 Å². The number of rotatable bonds is 1. The average molecular weight is 105 g/mol. The van der Waals surface area contributed by atoms with Gasteiger partial charge in [-0.3, -0.25) is 5.32 Å². The Hall–Kier alpha value is -0.150. The van der Waals surface area contributed by atoms with E-state index in [1.807, 2.05) is 0 Å². The predicted octanol–water partition coefficient (Wildman–Crippen LogP) is -0.0982. The molecule has 0 aliphatic carbocycles. The zero-order chi connectivity index (χ0) is 5.11. The third-order valence-corrected chi connectivity index (χ3v) is 0.933. The molecular weight excluding hydrogens is 97.0 g/mol. The Morgan fingerprint density at radius 2 is 2.71 bits per heavy atom. The van der Waals surface area contributed by atoms with Crippen LogP contribution in [-0.4, -0.2) is 26.1 Å². The first kappa shape index (κ1) is 5.00. The van der Waals surface area contributed by atoms with Crippen molar-refractivity contribution in [2.45, 2.75) is 6.23 Å². The molecule has 1 atom stereocenters. The number of alkyl halides is 1. The van der Waals surface area contributed by atoms with Gasteiger partial charge in [0.05, 0.1) is 6.61 Å². The molecule has 2 nitrogen and oxygen atoms in total. The Morgan fingerprint density at radius 3 is 3.00 bits per heavy atom. The lowest BCUT2D eigenvalue weighted by Gasteiger charge is -2.00. The van der Waals surface area contributed by atoms with Crippen molar-refractivity contribution in [3.8, 4) is 0 Å². The molecule has 0 spiro atoms. The van der Waals surface area contributed by atoms with Crippen molar-refractivity contribution in [3.05, 3.63) is 0 Å². The van der Waals surface area contributed by atoms with Gasteiger partial charge in [0.15, 0.2) is 0 Å². The summed E-state index contributed by atoms with van der Waals surface area (Å²) < 4.78 is 16.3.